The predicted octanol–water partition coefficient (Wildman–Crippen LogP) is 3.53. The van der Waals surface area contributed by atoms with E-state index in [0.29, 0.717) is 6.04 Å². The second-order valence-electron chi connectivity index (χ2n) is 4.49. The summed E-state index contributed by atoms with van der Waals surface area (Å²) in [6.45, 7) is 2.98. The van der Waals surface area contributed by atoms with Gasteiger partial charge >= 0.3 is 0 Å². The molecule has 2 heterocycles. The highest BCUT2D eigenvalue weighted by atomic mass is 32.2. The Morgan fingerprint density at radius 2 is 2.28 bits per heavy atom. The summed E-state index contributed by atoms with van der Waals surface area (Å²) in [6.07, 6.45) is 1.98. The zero-order chi connectivity index (χ0) is 12.4. The van der Waals surface area contributed by atoms with Crippen molar-refractivity contribution in [3.63, 3.8) is 0 Å². The van der Waals surface area contributed by atoms with Crippen molar-refractivity contribution in [2.75, 3.05) is 5.75 Å². The van der Waals surface area contributed by atoms with Gasteiger partial charge in [-0.3, -0.25) is 0 Å². The highest BCUT2D eigenvalue weighted by Crippen LogP contribution is 2.31. The van der Waals surface area contributed by atoms with Gasteiger partial charge in [-0.2, -0.15) is 11.8 Å². The molecule has 18 heavy (non-hydrogen) atoms. The SMILES string of the molecule is Cc1ncc(CNC2CSCc3ccccc32)s1. The molecule has 1 unspecified atom stereocenters. The normalized spacial score (nSPS) is 18.6. The number of nitrogens with one attached hydrogen (secondary N) is 1. The van der Waals surface area contributed by atoms with Gasteiger partial charge in [0.2, 0.25) is 0 Å². The van der Waals surface area contributed by atoms with E-state index in [0.717, 1.165) is 23.1 Å². The Hall–Kier alpha value is -0.840. The monoisotopic (exact) mass is 276 g/mol. The molecule has 0 spiro atoms. The number of aromatic nitrogens is 1. The van der Waals surface area contributed by atoms with Crippen LogP contribution in [0.5, 0.6) is 0 Å². The van der Waals surface area contributed by atoms with Crippen LogP contribution in [0.4, 0.5) is 0 Å². The van der Waals surface area contributed by atoms with Crippen LogP contribution in [0, 0.1) is 6.92 Å². The highest BCUT2D eigenvalue weighted by Gasteiger charge is 2.19. The lowest BCUT2D eigenvalue weighted by atomic mass is 10.0. The Bertz CT molecular complexity index is 536. The van der Waals surface area contributed by atoms with Gasteiger partial charge in [-0.1, -0.05) is 24.3 Å². The fourth-order valence-corrected chi connectivity index (χ4v) is 4.14. The van der Waals surface area contributed by atoms with Gasteiger partial charge in [-0.15, -0.1) is 11.3 Å². The molecule has 0 saturated carbocycles. The van der Waals surface area contributed by atoms with Crippen molar-refractivity contribution in [1.82, 2.24) is 10.3 Å². The number of nitrogens with zero attached hydrogens (tertiary/aromatic N) is 1. The van der Waals surface area contributed by atoms with Gasteiger partial charge in [0.25, 0.3) is 0 Å². The first-order chi connectivity index (χ1) is 8.83. The Labute approximate surface area is 116 Å². The van der Waals surface area contributed by atoms with Crippen LogP contribution in [0.1, 0.15) is 27.1 Å². The van der Waals surface area contributed by atoms with Crippen LogP contribution in [-0.4, -0.2) is 10.7 Å². The first kappa shape index (κ1) is 12.2. The third kappa shape index (κ3) is 2.60. The molecule has 1 aliphatic heterocycles. The fraction of sp³-hybridized carbons (Fsp3) is 0.357. The number of rotatable bonds is 3. The summed E-state index contributed by atoms with van der Waals surface area (Å²) in [7, 11) is 0. The summed E-state index contributed by atoms with van der Waals surface area (Å²) in [5.41, 5.74) is 2.95. The second kappa shape index (κ2) is 5.43. The van der Waals surface area contributed by atoms with Crippen LogP contribution >= 0.6 is 23.1 Å². The largest absolute Gasteiger partial charge is 0.304 e. The van der Waals surface area contributed by atoms with E-state index < -0.39 is 0 Å². The molecule has 1 N–H and O–H groups in total. The van der Waals surface area contributed by atoms with Gasteiger partial charge in [0, 0.05) is 35.2 Å². The lowest BCUT2D eigenvalue weighted by Crippen LogP contribution is -2.25. The molecule has 2 nitrogen and oxygen atoms in total. The molecule has 0 fully saturated rings. The van der Waals surface area contributed by atoms with Gasteiger partial charge in [-0.05, 0) is 18.1 Å². The Balaban J connectivity index is 1.71. The van der Waals surface area contributed by atoms with Gasteiger partial charge in [-0.25, -0.2) is 4.98 Å². The Morgan fingerprint density at radius 3 is 3.11 bits per heavy atom. The molecule has 94 valence electrons. The van der Waals surface area contributed by atoms with E-state index in [-0.39, 0.29) is 0 Å². The first-order valence-corrected chi connectivity index (χ1v) is 8.10. The molecule has 1 aromatic carbocycles. The summed E-state index contributed by atoms with van der Waals surface area (Å²) < 4.78 is 0. The number of aryl methyl sites for hydroxylation is 1. The molecule has 1 aliphatic rings. The van der Waals surface area contributed by atoms with Crippen molar-refractivity contribution in [2.45, 2.75) is 25.3 Å². The van der Waals surface area contributed by atoms with Gasteiger partial charge < -0.3 is 5.32 Å². The number of hydrogen-bond donors (Lipinski definition) is 1. The molecule has 0 saturated heterocycles. The number of benzene rings is 1. The van der Waals surface area contributed by atoms with Gasteiger partial charge in [0.1, 0.15) is 0 Å². The highest BCUT2D eigenvalue weighted by molar-refractivity contribution is 7.98. The fourth-order valence-electron chi connectivity index (χ4n) is 2.26. The molecular formula is C14H16N2S2. The van der Waals surface area contributed by atoms with Crippen molar-refractivity contribution in [3.8, 4) is 0 Å². The molecule has 2 aromatic rings. The lowest BCUT2D eigenvalue weighted by Gasteiger charge is -2.25. The molecule has 3 rings (SSSR count). The van der Waals surface area contributed by atoms with E-state index >= 15 is 0 Å². The minimum Gasteiger partial charge on any atom is -0.304 e. The van der Waals surface area contributed by atoms with Crippen molar-refractivity contribution < 1.29 is 0 Å². The number of fused-ring (bicyclic) bond motifs is 1. The second-order valence-corrected chi connectivity index (χ2v) is 6.84. The van der Waals surface area contributed by atoms with Crippen LogP contribution in [0.3, 0.4) is 0 Å². The molecular weight excluding hydrogens is 260 g/mol. The number of thiazole rings is 1. The number of hydrogen-bond acceptors (Lipinski definition) is 4. The van der Waals surface area contributed by atoms with Crippen molar-refractivity contribution in [3.05, 3.63) is 51.5 Å². The maximum absolute atomic E-state index is 4.30. The van der Waals surface area contributed by atoms with Crippen molar-refractivity contribution >= 4 is 23.1 Å². The van der Waals surface area contributed by atoms with E-state index in [2.05, 4.69) is 41.5 Å². The minimum atomic E-state index is 0.474. The Morgan fingerprint density at radius 1 is 1.39 bits per heavy atom. The standard InChI is InChI=1S/C14H16N2S2/c1-10-15-6-12(18-10)7-16-14-9-17-8-11-4-2-3-5-13(11)14/h2-6,14,16H,7-9H2,1H3. The van der Waals surface area contributed by atoms with Crippen LogP contribution in [0.2, 0.25) is 0 Å². The van der Waals surface area contributed by atoms with E-state index in [1.165, 1.54) is 16.0 Å². The summed E-state index contributed by atoms with van der Waals surface area (Å²) in [5, 5.41) is 4.80. The van der Waals surface area contributed by atoms with E-state index in [1.54, 1.807) is 11.3 Å². The van der Waals surface area contributed by atoms with Crippen LogP contribution in [0.15, 0.2) is 30.5 Å². The maximum atomic E-state index is 4.30. The molecule has 1 atom stereocenters. The Kier molecular flexibility index (Phi) is 3.68. The van der Waals surface area contributed by atoms with Gasteiger partial charge in [0.05, 0.1) is 5.01 Å². The van der Waals surface area contributed by atoms with E-state index in [1.807, 2.05) is 18.0 Å². The minimum absolute atomic E-state index is 0.474. The molecule has 0 bridgehead atoms. The van der Waals surface area contributed by atoms with E-state index in [4.69, 9.17) is 0 Å². The summed E-state index contributed by atoms with van der Waals surface area (Å²) >= 11 is 3.79. The molecule has 4 heteroatoms. The third-order valence-electron chi connectivity index (χ3n) is 3.16. The van der Waals surface area contributed by atoms with Crippen LogP contribution in [0.25, 0.3) is 0 Å². The van der Waals surface area contributed by atoms with Crippen molar-refractivity contribution in [1.29, 1.82) is 0 Å². The van der Waals surface area contributed by atoms with Gasteiger partial charge in [0.15, 0.2) is 0 Å². The average Bonchev–Trinajstić information content (AvgIpc) is 2.82. The zero-order valence-electron chi connectivity index (χ0n) is 10.3. The number of thioether (sulfide) groups is 1. The predicted molar refractivity (Wildman–Crippen MR) is 79.0 cm³/mol. The van der Waals surface area contributed by atoms with E-state index in [9.17, 15) is 0 Å². The maximum Gasteiger partial charge on any atom is 0.0897 e. The zero-order valence-corrected chi connectivity index (χ0v) is 12.0. The summed E-state index contributed by atoms with van der Waals surface area (Å²) in [5.74, 6) is 2.31. The van der Waals surface area contributed by atoms with Crippen molar-refractivity contribution in [2.24, 2.45) is 0 Å². The molecule has 0 aliphatic carbocycles. The molecule has 1 aromatic heterocycles. The molecule has 0 radical (unpaired) electrons. The summed E-state index contributed by atoms with van der Waals surface area (Å²) in [6, 6.07) is 9.24. The topological polar surface area (TPSA) is 24.9 Å². The smallest absolute Gasteiger partial charge is 0.0897 e. The average molecular weight is 276 g/mol. The lowest BCUT2D eigenvalue weighted by molar-refractivity contribution is 0.579. The summed E-state index contributed by atoms with van der Waals surface area (Å²) in [4.78, 5) is 5.62. The van der Waals surface area contributed by atoms with Crippen LogP contribution in [-0.2, 0) is 12.3 Å². The first-order valence-electron chi connectivity index (χ1n) is 6.13. The molecule has 0 amide bonds. The van der Waals surface area contributed by atoms with Crippen LogP contribution < -0.4 is 5.32 Å². The quantitative estimate of drug-likeness (QED) is 0.928. The third-order valence-corrected chi connectivity index (χ3v) is 5.16.